The van der Waals surface area contributed by atoms with Gasteiger partial charge in [-0.1, -0.05) is 58.0 Å². The molecule has 2 aromatic rings. The van der Waals surface area contributed by atoms with Crippen molar-refractivity contribution < 1.29 is 25.5 Å². The minimum Gasteiger partial charge on any atom is -0.507 e. The van der Waals surface area contributed by atoms with E-state index in [-0.39, 0.29) is 20.4 Å². The first kappa shape index (κ1) is 19.6. The van der Waals surface area contributed by atoms with Crippen molar-refractivity contribution in [2.45, 2.75) is 46.5 Å². The molecule has 0 radical (unpaired) electrons. The predicted molar refractivity (Wildman–Crippen MR) is 94.7 cm³/mol. The van der Waals surface area contributed by atoms with Crippen molar-refractivity contribution in [2.24, 2.45) is 4.99 Å². The molecule has 0 spiro atoms. The summed E-state index contributed by atoms with van der Waals surface area (Å²) >= 11 is 0. The molecule has 1 N–H and O–H groups in total. The molecule has 0 amide bonds. The summed E-state index contributed by atoms with van der Waals surface area (Å²) in [5.74, 6) is 1.13. The zero-order valence-electron chi connectivity index (χ0n) is 14.4. The van der Waals surface area contributed by atoms with Gasteiger partial charge in [0.05, 0.1) is 5.69 Å². The second-order valence-corrected chi connectivity index (χ2v) is 6.37. The minimum atomic E-state index is 0. The molecule has 2 rings (SSSR count). The maximum atomic E-state index is 10.1. The average molecular weight is 402 g/mol. The molecule has 0 unspecified atom stereocenters. The van der Waals surface area contributed by atoms with Crippen molar-refractivity contribution in [3.8, 4) is 5.75 Å². The molecule has 23 heavy (non-hydrogen) atoms. The average Bonchev–Trinajstić information content (AvgIpc) is 2.48. The predicted octanol–water partition coefficient (Wildman–Crippen LogP) is 5.70. The molecule has 0 atom stereocenters. The normalized spacial score (nSPS) is 11.3. The largest absolute Gasteiger partial charge is 0.507 e. The SMILES string of the molecule is Cc1cccc(C=Nc2c(C(C)C)cccc2C(C)C)c1O.[Pd]. The van der Waals surface area contributed by atoms with Crippen LogP contribution < -0.4 is 0 Å². The topological polar surface area (TPSA) is 32.6 Å². The molecule has 0 aliphatic rings. The van der Waals surface area contributed by atoms with Crippen LogP contribution in [0, 0.1) is 6.92 Å². The summed E-state index contributed by atoms with van der Waals surface area (Å²) in [6.07, 6.45) is 1.77. The number of phenolic OH excluding ortho intramolecular Hbond substituents is 1. The Morgan fingerprint density at radius 1 is 0.913 bits per heavy atom. The molecule has 3 heteroatoms. The molecule has 0 bridgehead atoms. The van der Waals surface area contributed by atoms with E-state index in [1.165, 1.54) is 11.1 Å². The van der Waals surface area contributed by atoms with Gasteiger partial charge in [0.2, 0.25) is 0 Å². The van der Waals surface area contributed by atoms with Crippen LogP contribution in [0.15, 0.2) is 41.4 Å². The molecular formula is C20H25NOPd. The summed E-state index contributed by atoms with van der Waals surface area (Å²) in [5.41, 5.74) is 5.15. The molecule has 126 valence electrons. The standard InChI is InChI=1S/C20H25NO.Pd/c1-13(2)17-10-7-11-18(14(3)4)19(17)21-12-16-9-6-8-15(5)20(16)22;/h6-14,22H,1-5H3;. The number of hydrogen-bond donors (Lipinski definition) is 1. The summed E-state index contributed by atoms with van der Waals surface area (Å²) in [4.78, 5) is 4.74. The van der Waals surface area contributed by atoms with Gasteiger partial charge in [0.15, 0.2) is 0 Å². The van der Waals surface area contributed by atoms with E-state index in [1.54, 1.807) is 6.21 Å². The molecule has 2 nitrogen and oxygen atoms in total. The minimum absolute atomic E-state index is 0. The number of nitrogens with zero attached hydrogens (tertiary/aromatic N) is 1. The summed E-state index contributed by atoms with van der Waals surface area (Å²) in [5, 5.41) is 10.1. The zero-order valence-corrected chi connectivity index (χ0v) is 16.0. The van der Waals surface area contributed by atoms with Crippen LogP contribution >= 0.6 is 0 Å². The molecule has 0 aromatic heterocycles. The van der Waals surface area contributed by atoms with E-state index in [0.29, 0.717) is 17.6 Å². The maximum absolute atomic E-state index is 10.1. The third-order valence-corrected chi connectivity index (χ3v) is 3.94. The molecule has 0 saturated heterocycles. The number of phenols is 1. The van der Waals surface area contributed by atoms with Crippen LogP contribution in [0.1, 0.15) is 61.8 Å². The number of para-hydroxylation sites is 2. The molecule has 0 aliphatic carbocycles. The van der Waals surface area contributed by atoms with E-state index in [2.05, 4.69) is 45.9 Å². The Bertz CT molecular complexity index is 664. The van der Waals surface area contributed by atoms with E-state index in [1.807, 2.05) is 25.1 Å². The molecule has 0 aliphatic heterocycles. The number of aromatic hydroxyl groups is 1. The van der Waals surface area contributed by atoms with Crippen LogP contribution in [0.25, 0.3) is 0 Å². The Hall–Kier alpha value is -1.43. The first-order valence-corrected chi connectivity index (χ1v) is 7.87. The Morgan fingerprint density at radius 2 is 1.43 bits per heavy atom. The number of aryl methyl sites for hydroxylation is 1. The third kappa shape index (κ3) is 4.53. The number of rotatable bonds is 4. The summed E-state index contributed by atoms with van der Waals surface area (Å²) in [6, 6.07) is 12.1. The Morgan fingerprint density at radius 3 is 1.96 bits per heavy atom. The second-order valence-electron chi connectivity index (χ2n) is 6.37. The van der Waals surface area contributed by atoms with Crippen molar-refractivity contribution >= 4 is 11.9 Å². The Labute approximate surface area is 153 Å². The smallest absolute Gasteiger partial charge is 0.127 e. The van der Waals surface area contributed by atoms with Crippen LogP contribution in [0.4, 0.5) is 5.69 Å². The quantitative estimate of drug-likeness (QED) is 0.517. The van der Waals surface area contributed by atoms with E-state index in [0.717, 1.165) is 16.8 Å². The van der Waals surface area contributed by atoms with E-state index in [9.17, 15) is 5.11 Å². The second kappa shape index (κ2) is 8.43. The van der Waals surface area contributed by atoms with Crippen molar-refractivity contribution in [2.75, 3.05) is 0 Å². The van der Waals surface area contributed by atoms with E-state index in [4.69, 9.17) is 4.99 Å². The van der Waals surface area contributed by atoms with Gasteiger partial charge in [-0.25, -0.2) is 0 Å². The maximum Gasteiger partial charge on any atom is 0.127 e. The zero-order chi connectivity index (χ0) is 16.3. The first-order valence-electron chi connectivity index (χ1n) is 7.87. The van der Waals surface area contributed by atoms with Crippen LogP contribution in [-0.2, 0) is 20.4 Å². The monoisotopic (exact) mass is 401 g/mol. The van der Waals surface area contributed by atoms with Gasteiger partial charge >= 0.3 is 0 Å². The van der Waals surface area contributed by atoms with Crippen LogP contribution in [-0.4, -0.2) is 11.3 Å². The van der Waals surface area contributed by atoms with E-state index < -0.39 is 0 Å². The fourth-order valence-corrected chi connectivity index (χ4v) is 2.58. The van der Waals surface area contributed by atoms with Gasteiger partial charge in [0.25, 0.3) is 0 Å². The van der Waals surface area contributed by atoms with Gasteiger partial charge < -0.3 is 5.11 Å². The van der Waals surface area contributed by atoms with Crippen molar-refractivity contribution in [3.05, 3.63) is 58.7 Å². The van der Waals surface area contributed by atoms with Gasteiger partial charge in [-0.2, -0.15) is 0 Å². The molecular weight excluding hydrogens is 377 g/mol. The fraction of sp³-hybridized carbons (Fsp3) is 0.350. The van der Waals surface area contributed by atoms with Crippen molar-refractivity contribution in [1.29, 1.82) is 0 Å². The van der Waals surface area contributed by atoms with E-state index >= 15 is 0 Å². The first-order chi connectivity index (χ1) is 10.4. The van der Waals surface area contributed by atoms with Gasteiger partial charge in [0, 0.05) is 32.2 Å². The molecule has 0 fully saturated rings. The molecule has 2 aromatic carbocycles. The Kier molecular flexibility index (Phi) is 7.19. The number of benzene rings is 2. The number of hydrogen-bond acceptors (Lipinski definition) is 2. The van der Waals surface area contributed by atoms with Crippen LogP contribution in [0.5, 0.6) is 5.75 Å². The summed E-state index contributed by atoms with van der Waals surface area (Å²) in [6.45, 7) is 10.6. The number of aliphatic imine (C=N–C) groups is 1. The summed E-state index contributed by atoms with van der Waals surface area (Å²) in [7, 11) is 0. The fourth-order valence-electron chi connectivity index (χ4n) is 2.58. The van der Waals surface area contributed by atoms with Gasteiger partial charge in [-0.05, 0) is 41.5 Å². The Balaban J connectivity index is 0.00000264. The van der Waals surface area contributed by atoms with Gasteiger partial charge in [0.1, 0.15) is 5.75 Å². The third-order valence-electron chi connectivity index (χ3n) is 3.94. The summed E-state index contributed by atoms with van der Waals surface area (Å²) < 4.78 is 0. The van der Waals surface area contributed by atoms with Crippen LogP contribution in [0.2, 0.25) is 0 Å². The molecule has 0 saturated carbocycles. The van der Waals surface area contributed by atoms with Gasteiger partial charge in [-0.3, -0.25) is 4.99 Å². The molecule has 0 heterocycles. The van der Waals surface area contributed by atoms with Crippen LogP contribution in [0.3, 0.4) is 0 Å². The van der Waals surface area contributed by atoms with Crippen molar-refractivity contribution in [3.63, 3.8) is 0 Å². The van der Waals surface area contributed by atoms with Crippen molar-refractivity contribution in [1.82, 2.24) is 0 Å². The van der Waals surface area contributed by atoms with Gasteiger partial charge in [-0.15, -0.1) is 0 Å².